The first kappa shape index (κ1) is 11.4. The van der Waals surface area contributed by atoms with Crippen LogP contribution in [0.5, 0.6) is 0 Å². The molecule has 1 rings (SSSR count). The van der Waals surface area contributed by atoms with Gasteiger partial charge in [-0.1, -0.05) is 6.92 Å². The molecule has 0 bridgehead atoms. The van der Waals surface area contributed by atoms with Crippen LogP contribution in [0.4, 0.5) is 0 Å². The molecule has 0 atom stereocenters. The van der Waals surface area contributed by atoms with Crippen molar-refractivity contribution in [2.75, 3.05) is 7.11 Å². The molecule has 1 aromatic rings. The first-order chi connectivity index (χ1) is 7.08. The monoisotopic (exact) mass is 206 g/mol. The number of ketones is 1. The molecule has 0 spiro atoms. The molecule has 0 N–H and O–H groups in total. The molecule has 0 heterocycles. The number of hydrogen-bond acceptors (Lipinski definition) is 3. The number of benzene rings is 1. The highest BCUT2D eigenvalue weighted by atomic mass is 16.5. The number of Topliss-reactive ketones (excluding diaryl/α,β-unsaturated/α-hetero) is 1. The van der Waals surface area contributed by atoms with Crippen molar-refractivity contribution >= 4 is 11.8 Å². The van der Waals surface area contributed by atoms with Gasteiger partial charge >= 0.3 is 5.97 Å². The summed E-state index contributed by atoms with van der Waals surface area (Å²) in [6.45, 7) is 3.64. The van der Waals surface area contributed by atoms with E-state index < -0.39 is 5.97 Å². The quantitative estimate of drug-likeness (QED) is 0.563. The van der Waals surface area contributed by atoms with Gasteiger partial charge < -0.3 is 4.74 Å². The van der Waals surface area contributed by atoms with Crippen LogP contribution in [-0.4, -0.2) is 18.9 Å². The zero-order chi connectivity index (χ0) is 11.4. The van der Waals surface area contributed by atoms with Crippen LogP contribution in [0, 0.1) is 6.92 Å². The second kappa shape index (κ2) is 4.73. The summed E-state index contributed by atoms with van der Waals surface area (Å²) in [6.07, 6.45) is 0.435. The topological polar surface area (TPSA) is 43.4 Å². The molecule has 0 radical (unpaired) electrons. The van der Waals surface area contributed by atoms with Gasteiger partial charge in [0.1, 0.15) is 0 Å². The molecule has 0 amide bonds. The number of carbonyl (C=O) groups excluding carboxylic acids is 2. The van der Waals surface area contributed by atoms with Crippen molar-refractivity contribution in [2.24, 2.45) is 0 Å². The molecular weight excluding hydrogens is 192 g/mol. The third kappa shape index (κ3) is 2.65. The summed E-state index contributed by atoms with van der Waals surface area (Å²) in [4.78, 5) is 22.8. The molecule has 3 nitrogen and oxygen atoms in total. The summed E-state index contributed by atoms with van der Waals surface area (Å²) in [6, 6.07) is 5.06. The highest BCUT2D eigenvalue weighted by Crippen LogP contribution is 2.12. The fourth-order valence-corrected chi connectivity index (χ4v) is 1.38. The Morgan fingerprint density at radius 2 is 1.80 bits per heavy atom. The third-order valence-corrected chi connectivity index (χ3v) is 2.14. The first-order valence-corrected chi connectivity index (χ1v) is 4.81. The van der Waals surface area contributed by atoms with E-state index >= 15 is 0 Å². The van der Waals surface area contributed by atoms with E-state index in [4.69, 9.17) is 0 Å². The van der Waals surface area contributed by atoms with Gasteiger partial charge in [-0.2, -0.15) is 0 Å². The number of rotatable bonds is 3. The molecular formula is C12H14O3. The number of carbonyl (C=O) groups is 2. The summed E-state index contributed by atoms with van der Waals surface area (Å²) >= 11 is 0. The van der Waals surface area contributed by atoms with E-state index in [1.54, 1.807) is 25.1 Å². The molecule has 0 unspecified atom stereocenters. The van der Waals surface area contributed by atoms with Crippen molar-refractivity contribution < 1.29 is 14.3 Å². The van der Waals surface area contributed by atoms with Gasteiger partial charge in [-0.15, -0.1) is 0 Å². The number of esters is 1. The first-order valence-electron chi connectivity index (χ1n) is 4.81. The molecule has 3 heteroatoms. The van der Waals surface area contributed by atoms with Gasteiger partial charge in [0.25, 0.3) is 0 Å². The van der Waals surface area contributed by atoms with Crippen molar-refractivity contribution in [3.8, 4) is 0 Å². The minimum absolute atomic E-state index is 0.0313. The van der Waals surface area contributed by atoms with E-state index in [0.717, 1.165) is 5.56 Å². The SMILES string of the molecule is CCC(=O)c1cc(C)cc(C(=O)OC)c1. The molecule has 0 aliphatic rings. The van der Waals surface area contributed by atoms with Crippen LogP contribution in [0.3, 0.4) is 0 Å². The van der Waals surface area contributed by atoms with E-state index in [-0.39, 0.29) is 5.78 Å². The van der Waals surface area contributed by atoms with Crippen molar-refractivity contribution in [2.45, 2.75) is 20.3 Å². The molecule has 0 aliphatic heterocycles. The maximum atomic E-state index is 11.5. The van der Waals surface area contributed by atoms with Crippen LogP contribution >= 0.6 is 0 Å². The van der Waals surface area contributed by atoms with Gasteiger partial charge in [0.2, 0.25) is 0 Å². The van der Waals surface area contributed by atoms with Gasteiger partial charge in [-0.05, 0) is 30.7 Å². The highest BCUT2D eigenvalue weighted by Gasteiger charge is 2.10. The van der Waals surface area contributed by atoms with Crippen molar-refractivity contribution in [1.29, 1.82) is 0 Å². The van der Waals surface area contributed by atoms with E-state index in [2.05, 4.69) is 4.74 Å². The van der Waals surface area contributed by atoms with Gasteiger partial charge in [-0.3, -0.25) is 4.79 Å². The second-order valence-corrected chi connectivity index (χ2v) is 3.36. The zero-order valence-electron chi connectivity index (χ0n) is 9.16. The molecule has 0 saturated carbocycles. The number of aryl methyl sites for hydroxylation is 1. The number of methoxy groups -OCH3 is 1. The Bertz CT molecular complexity index is 360. The van der Waals surface area contributed by atoms with E-state index in [1.165, 1.54) is 7.11 Å². The highest BCUT2D eigenvalue weighted by molar-refractivity contribution is 5.99. The summed E-state index contributed by atoms with van der Waals surface area (Å²) in [5.74, 6) is -0.382. The summed E-state index contributed by atoms with van der Waals surface area (Å²) in [5.41, 5.74) is 1.88. The minimum Gasteiger partial charge on any atom is -0.465 e. The molecule has 0 aliphatic carbocycles. The average molecular weight is 206 g/mol. The zero-order valence-corrected chi connectivity index (χ0v) is 9.16. The minimum atomic E-state index is -0.413. The van der Waals surface area contributed by atoms with Crippen LogP contribution in [-0.2, 0) is 4.74 Å². The Morgan fingerprint density at radius 3 is 2.33 bits per heavy atom. The second-order valence-electron chi connectivity index (χ2n) is 3.36. The van der Waals surface area contributed by atoms with Crippen LogP contribution in [0.2, 0.25) is 0 Å². The van der Waals surface area contributed by atoms with Gasteiger partial charge in [0, 0.05) is 12.0 Å². The molecule has 0 aromatic heterocycles. The summed E-state index contributed by atoms with van der Waals surface area (Å²) < 4.78 is 4.61. The molecule has 1 aromatic carbocycles. The van der Waals surface area contributed by atoms with Crippen molar-refractivity contribution in [1.82, 2.24) is 0 Å². The maximum absolute atomic E-state index is 11.5. The molecule has 15 heavy (non-hydrogen) atoms. The van der Waals surface area contributed by atoms with Gasteiger partial charge in [0.05, 0.1) is 12.7 Å². The summed E-state index contributed by atoms with van der Waals surface area (Å²) in [5, 5.41) is 0. The van der Waals surface area contributed by atoms with E-state index in [0.29, 0.717) is 17.5 Å². The Labute approximate surface area is 89.1 Å². The summed E-state index contributed by atoms with van der Waals surface area (Å²) in [7, 11) is 1.33. The number of hydrogen-bond donors (Lipinski definition) is 0. The lowest BCUT2D eigenvalue weighted by molar-refractivity contribution is 0.0600. The standard InChI is InChI=1S/C12H14O3/c1-4-11(13)9-5-8(2)6-10(7-9)12(14)15-3/h5-7H,4H2,1-3H3. The Hall–Kier alpha value is -1.64. The Kier molecular flexibility index (Phi) is 3.61. The molecule has 0 fully saturated rings. The van der Waals surface area contributed by atoms with Crippen LogP contribution in [0.1, 0.15) is 39.6 Å². The van der Waals surface area contributed by atoms with Crippen LogP contribution in [0.25, 0.3) is 0 Å². The predicted molar refractivity (Wildman–Crippen MR) is 57.1 cm³/mol. The Morgan fingerprint density at radius 1 is 1.20 bits per heavy atom. The lowest BCUT2D eigenvalue weighted by Gasteiger charge is -2.04. The average Bonchev–Trinajstić information content (AvgIpc) is 2.26. The number of ether oxygens (including phenoxy) is 1. The van der Waals surface area contributed by atoms with Gasteiger partial charge in [0.15, 0.2) is 5.78 Å². The van der Waals surface area contributed by atoms with E-state index in [9.17, 15) is 9.59 Å². The van der Waals surface area contributed by atoms with Gasteiger partial charge in [-0.25, -0.2) is 4.79 Å². The Balaban J connectivity index is 3.16. The molecule has 80 valence electrons. The molecule has 0 saturated heterocycles. The largest absolute Gasteiger partial charge is 0.465 e. The van der Waals surface area contributed by atoms with E-state index in [1.807, 2.05) is 6.92 Å². The van der Waals surface area contributed by atoms with Crippen molar-refractivity contribution in [3.05, 3.63) is 34.9 Å². The maximum Gasteiger partial charge on any atom is 0.337 e. The smallest absolute Gasteiger partial charge is 0.337 e. The lowest BCUT2D eigenvalue weighted by Crippen LogP contribution is -2.05. The van der Waals surface area contributed by atoms with Crippen LogP contribution < -0.4 is 0 Å². The van der Waals surface area contributed by atoms with Crippen molar-refractivity contribution in [3.63, 3.8) is 0 Å². The lowest BCUT2D eigenvalue weighted by atomic mass is 10.0. The normalized spacial score (nSPS) is 9.80. The fraction of sp³-hybridized carbons (Fsp3) is 0.333. The fourth-order valence-electron chi connectivity index (χ4n) is 1.38. The van der Waals surface area contributed by atoms with Crippen LogP contribution in [0.15, 0.2) is 18.2 Å². The third-order valence-electron chi connectivity index (χ3n) is 2.14. The predicted octanol–water partition coefficient (Wildman–Crippen LogP) is 2.37.